The number of fused-ring (bicyclic) bond motifs is 1. The Labute approximate surface area is 165 Å². The monoisotopic (exact) mass is 386 g/mol. The van der Waals surface area contributed by atoms with Gasteiger partial charge in [-0.1, -0.05) is 12.1 Å². The topological polar surface area (TPSA) is 87.3 Å². The number of carbonyl (C=O) groups excluding carboxylic acids is 1. The smallest absolute Gasteiger partial charge is 0.258 e. The first-order valence-electron chi connectivity index (χ1n) is 9.90. The lowest BCUT2D eigenvalue weighted by atomic mass is 10.00. The number of benzene rings is 1. The van der Waals surface area contributed by atoms with Crippen molar-refractivity contribution in [1.82, 2.24) is 20.2 Å². The first-order chi connectivity index (χ1) is 13.2. The number of aromatic nitrogens is 2. The van der Waals surface area contributed by atoms with E-state index < -0.39 is 0 Å². The standard InChI is InChI=1S/C21H30N4O3/c1-14-11-25(12-15(2)28-14)21(3,4)13-22-19(26)10-9-18-23-17-8-6-5-7-16(17)20(27)24-18/h5-8,14-15H,9-13H2,1-4H3,(H,22,26)(H,23,24,27). The SMILES string of the molecule is CC1CN(C(C)(C)CNC(=O)CCc2nc3ccccc3c(=O)[nH]2)CC(C)O1. The molecule has 152 valence electrons. The molecule has 0 radical (unpaired) electrons. The average molecular weight is 386 g/mol. The fourth-order valence-electron chi connectivity index (χ4n) is 3.67. The number of nitrogens with one attached hydrogen (secondary N) is 2. The molecule has 1 aliphatic heterocycles. The van der Waals surface area contributed by atoms with Crippen LogP contribution in [0.15, 0.2) is 29.1 Å². The van der Waals surface area contributed by atoms with Crippen LogP contribution in [0.4, 0.5) is 0 Å². The molecule has 1 aromatic heterocycles. The molecule has 2 unspecified atom stereocenters. The first kappa shape index (κ1) is 20.5. The van der Waals surface area contributed by atoms with Gasteiger partial charge in [0.05, 0.1) is 23.1 Å². The highest BCUT2D eigenvalue weighted by molar-refractivity contribution is 5.78. The van der Waals surface area contributed by atoms with Crippen LogP contribution >= 0.6 is 0 Å². The number of nitrogens with zero attached hydrogens (tertiary/aromatic N) is 2. The van der Waals surface area contributed by atoms with E-state index in [2.05, 4.69) is 47.9 Å². The number of carbonyl (C=O) groups is 1. The van der Waals surface area contributed by atoms with Gasteiger partial charge in [-0.05, 0) is 39.8 Å². The minimum Gasteiger partial charge on any atom is -0.373 e. The highest BCUT2D eigenvalue weighted by Gasteiger charge is 2.33. The molecule has 0 bridgehead atoms. The van der Waals surface area contributed by atoms with E-state index >= 15 is 0 Å². The fourth-order valence-corrected chi connectivity index (χ4v) is 3.67. The summed E-state index contributed by atoms with van der Waals surface area (Å²) in [6.07, 6.45) is 1.06. The highest BCUT2D eigenvalue weighted by Crippen LogP contribution is 2.20. The summed E-state index contributed by atoms with van der Waals surface area (Å²) in [5.41, 5.74) is 0.327. The second-order valence-corrected chi connectivity index (χ2v) is 8.28. The Morgan fingerprint density at radius 3 is 2.68 bits per heavy atom. The molecule has 1 aromatic carbocycles. The minimum absolute atomic E-state index is 0.0433. The van der Waals surface area contributed by atoms with Crippen molar-refractivity contribution in [2.75, 3.05) is 19.6 Å². The van der Waals surface area contributed by atoms with Crippen LogP contribution in [0.1, 0.15) is 39.9 Å². The maximum absolute atomic E-state index is 12.3. The minimum atomic E-state index is -0.169. The van der Waals surface area contributed by atoms with Crippen LogP contribution < -0.4 is 10.9 Å². The summed E-state index contributed by atoms with van der Waals surface area (Å²) >= 11 is 0. The lowest BCUT2D eigenvalue weighted by Crippen LogP contribution is -2.58. The molecule has 1 amide bonds. The molecule has 2 N–H and O–H groups in total. The summed E-state index contributed by atoms with van der Waals surface area (Å²) in [5.74, 6) is 0.493. The van der Waals surface area contributed by atoms with Crippen molar-refractivity contribution in [3.05, 3.63) is 40.4 Å². The maximum atomic E-state index is 12.3. The van der Waals surface area contributed by atoms with E-state index in [1.165, 1.54) is 0 Å². The van der Waals surface area contributed by atoms with Crippen molar-refractivity contribution in [2.24, 2.45) is 0 Å². The van der Waals surface area contributed by atoms with Crippen molar-refractivity contribution in [3.8, 4) is 0 Å². The maximum Gasteiger partial charge on any atom is 0.258 e. The van der Waals surface area contributed by atoms with E-state index in [-0.39, 0.29) is 35.6 Å². The number of para-hydroxylation sites is 1. The zero-order valence-corrected chi connectivity index (χ0v) is 17.1. The molecule has 0 saturated carbocycles. The van der Waals surface area contributed by atoms with Crippen LogP contribution in [-0.4, -0.2) is 58.2 Å². The predicted octanol–water partition coefficient (Wildman–Crippen LogP) is 1.86. The Morgan fingerprint density at radius 2 is 1.96 bits per heavy atom. The van der Waals surface area contributed by atoms with E-state index in [1.807, 2.05) is 12.1 Å². The molecule has 2 aromatic rings. The number of hydrogen-bond donors (Lipinski definition) is 2. The van der Waals surface area contributed by atoms with Crippen LogP contribution in [0.5, 0.6) is 0 Å². The van der Waals surface area contributed by atoms with Gasteiger partial charge in [-0.3, -0.25) is 14.5 Å². The van der Waals surface area contributed by atoms with Gasteiger partial charge in [-0.15, -0.1) is 0 Å². The third-order valence-electron chi connectivity index (χ3n) is 5.24. The largest absolute Gasteiger partial charge is 0.373 e. The van der Waals surface area contributed by atoms with Gasteiger partial charge in [0.2, 0.25) is 5.91 Å². The van der Waals surface area contributed by atoms with E-state index in [9.17, 15) is 9.59 Å². The number of hydrogen-bond acceptors (Lipinski definition) is 5. The van der Waals surface area contributed by atoms with Crippen molar-refractivity contribution in [3.63, 3.8) is 0 Å². The number of morpholine rings is 1. The van der Waals surface area contributed by atoms with Crippen LogP contribution in [0, 0.1) is 0 Å². The second-order valence-electron chi connectivity index (χ2n) is 8.28. The van der Waals surface area contributed by atoms with Gasteiger partial charge in [0, 0.05) is 38.0 Å². The van der Waals surface area contributed by atoms with Crippen LogP contribution in [0.2, 0.25) is 0 Å². The van der Waals surface area contributed by atoms with Crippen molar-refractivity contribution >= 4 is 16.8 Å². The molecule has 28 heavy (non-hydrogen) atoms. The van der Waals surface area contributed by atoms with E-state index in [0.29, 0.717) is 29.7 Å². The summed E-state index contributed by atoms with van der Waals surface area (Å²) in [7, 11) is 0. The van der Waals surface area contributed by atoms with E-state index in [1.54, 1.807) is 12.1 Å². The Kier molecular flexibility index (Phi) is 6.15. The highest BCUT2D eigenvalue weighted by atomic mass is 16.5. The molecular weight excluding hydrogens is 356 g/mol. The number of ether oxygens (including phenoxy) is 1. The number of H-pyrrole nitrogens is 1. The second kappa shape index (κ2) is 8.41. The van der Waals surface area contributed by atoms with Gasteiger partial charge >= 0.3 is 0 Å². The van der Waals surface area contributed by atoms with Crippen LogP contribution in [-0.2, 0) is 16.0 Å². The molecule has 2 heterocycles. The average Bonchev–Trinajstić information content (AvgIpc) is 2.64. The number of amides is 1. The summed E-state index contributed by atoms with van der Waals surface area (Å²) in [4.78, 5) is 34.1. The number of aryl methyl sites for hydroxylation is 1. The lowest BCUT2D eigenvalue weighted by molar-refractivity contribution is -0.122. The molecule has 0 spiro atoms. The zero-order valence-electron chi connectivity index (χ0n) is 17.1. The summed E-state index contributed by atoms with van der Waals surface area (Å²) in [5, 5.41) is 3.59. The van der Waals surface area contributed by atoms with Gasteiger partial charge in [0.15, 0.2) is 0 Å². The normalized spacial score (nSPS) is 21.0. The summed E-state index contributed by atoms with van der Waals surface area (Å²) in [6, 6.07) is 7.21. The zero-order chi connectivity index (χ0) is 20.3. The summed E-state index contributed by atoms with van der Waals surface area (Å²) in [6.45, 7) is 10.7. The molecule has 2 atom stereocenters. The Balaban J connectivity index is 1.54. The molecule has 1 fully saturated rings. The van der Waals surface area contributed by atoms with Crippen LogP contribution in [0.25, 0.3) is 10.9 Å². The van der Waals surface area contributed by atoms with Crippen molar-refractivity contribution in [2.45, 2.75) is 58.3 Å². The summed E-state index contributed by atoms with van der Waals surface area (Å²) < 4.78 is 5.80. The predicted molar refractivity (Wildman–Crippen MR) is 109 cm³/mol. The van der Waals surface area contributed by atoms with Gasteiger partial charge in [0.1, 0.15) is 5.82 Å². The molecule has 0 aliphatic carbocycles. The Bertz CT molecular complexity index is 883. The van der Waals surface area contributed by atoms with E-state index in [0.717, 1.165) is 13.1 Å². The van der Waals surface area contributed by atoms with Gasteiger partial charge < -0.3 is 15.0 Å². The fraction of sp³-hybridized carbons (Fsp3) is 0.571. The third kappa shape index (κ3) is 4.97. The molecule has 1 saturated heterocycles. The van der Waals surface area contributed by atoms with Gasteiger partial charge in [-0.25, -0.2) is 4.98 Å². The quantitative estimate of drug-likeness (QED) is 0.791. The number of rotatable bonds is 6. The van der Waals surface area contributed by atoms with Gasteiger partial charge in [0.25, 0.3) is 5.56 Å². The molecule has 1 aliphatic rings. The van der Waals surface area contributed by atoms with Crippen LogP contribution in [0.3, 0.4) is 0 Å². The molecule has 7 nitrogen and oxygen atoms in total. The van der Waals surface area contributed by atoms with Crippen molar-refractivity contribution < 1.29 is 9.53 Å². The lowest BCUT2D eigenvalue weighted by Gasteiger charge is -2.45. The Morgan fingerprint density at radius 1 is 1.29 bits per heavy atom. The Hall–Kier alpha value is -2.25. The third-order valence-corrected chi connectivity index (χ3v) is 5.24. The number of aromatic amines is 1. The molecule has 3 rings (SSSR count). The van der Waals surface area contributed by atoms with Gasteiger partial charge in [-0.2, -0.15) is 0 Å². The van der Waals surface area contributed by atoms with Crippen molar-refractivity contribution in [1.29, 1.82) is 0 Å². The molecule has 7 heteroatoms. The molecular formula is C21H30N4O3. The first-order valence-corrected chi connectivity index (χ1v) is 9.90. The van der Waals surface area contributed by atoms with E-state index in [4.69, 9.17) is 4.74 Å².